The summed E-state index contributed by atoms with van der Waals surface area (Å²) in [7, 11) is 2.18. The molecule has 0 radical (unpaired) electrons. The van der Waals surface area contributed by atoms with Crippen LogP contribution < -0.4 is 5.84 Å². The fourth-order valence-electron chi connectivity index (χ4n) is 1.65. The molecule has 1 aliphatic heterocycles. The van der Waals surface area contributed by atoms with Gasteiger partial charge in [0.2, 0.25) is 0 Å². The van der Waals surface area contributed by atoms with Crippen LogP contribution in [0.2, 0.25) is 0 Å². The molecule has 1 aliphatic rings. The molecule has 1 heterocycles. The van der Waals surface area contributed by atoms with Crippen LogP contribution in [0.4, 0.5) is 0 Å². The number of piperazine rings is 1. The summed E-state index contributed by atoms with van der Waals surface area (Å²) in [4.78, 5) is 4.89. The predicted octanol–water partition coefficient (Wildman–Crippen LogP) is 0.340. The lowest BCUT2D eigenvalue weighted by molar-refractivity contribution is 0.152. The summed E-state index contributed by atoms with van der Waals surface area (Å²) < 4.78 is 0. The van der Waals surface area contributed by atoms with Crippen LogP contribution in [0.15, 0.2) is 10.3 Å². The molecule has 0 amide bonds. The zero-order valence-corrected chi connectivity index (χ0v) is 9.02. The van der Waals surface area contributed by atoms with Crippen LogP contribution in [0.25, 0.3) is 0 Å². The molecule has 0 spiro atoms. The van der Waals surface area contributed by atoms with Gasteiger partial charge in [-0.05, 0) is 26.4 Å². The normalized spacial score (nSPS) is 20.6. The summed E-state index contributed by atoms with van der Waals surface area (Å²) in [5.74, 6) is 4.91. The first kappa shape index (κ1) is 11.4. The van der Waals surface area contributed by atoms with Gasteiger partial charge in [0, 0.05) is 26.2 Å². The van der Waals surface area contributed by atoms with Gasteiger partial charge in [0.05, 0.1) is 6.54 Å². The molecule has 1 saturated heterocycles. The van der Waals surface area contributed by atoms with E-state index in [4.69, 9.17) is 5.84 Å². The van der Waals surface area contributed by atoms with Gasteiger partial charge in [-0.2, -0.15) is 5.11 Å². The van der Waals surface area contributed by atoms with Gasteiger partial charge in [0.1, 0.15) is 0 Å². The average molecular weight is 199 g/mol. The monoisotopic (exact) mass is 199 g/mol. The summed E-state index contributed by atoms with van der Waals surface area (Å²) in [5, 5.41) is 6.98. The second kappa shape index (κ2) is 6.73. The second-order valence-corrected chi connectivity index (χ2v) is 3.83. The molecule has 0 atom stereocenters. The minimum Gasteiger partial charge on any atom is -0.305 e. The fraction of sp³-hybridized carbons (Fsp3) is 1.00. The molecular weight excluding hydrogens is 178 g/mol. The zero-order valence-electron chi connectivity index (χ0n) is 9.02. The number of hydrogen-bond acceptors (Lipinski definition) is 4. The Morgan fingerprint density at radius 1 is 1.14 bits per heavy atom. The van der Waals surface area contributed by atoms with Crippen molar-refractivity contribution in [3.63, 3.8) is 0 Å². The maximum absolute atomic E-state index is 4.91. The van der Waals surface area contributed by atoms with Gasteiger partial charge >= 0.3 is 0 Å². The van der Waals surface area contributed by atoms with Crippen molar-refractivity contribution in [1.82, 2.24) is 9.80 Å². The minimum absolute atomic E-state index is 0.768. The molecule has 2 N–H and O–H groups in total. The molecule has 14 heavy (non-hydrogen) atoms. The van der Waals surface area contributed by atoms with E-state index in [1.54, 1.807) is 0 Å². The first-order valence-electron chi connectivity index (χ1n) is 5.30. The van der Waals surface area contributed by atoms with E-state index in [2.05, 4.69) is 27.2 Å². The first-order valence-corrected chi connectivity index (χ1v) is 5.30. The summed E-state index contributed by atoms with van der Waals surface area (Å²) in [6, 6.07) is 0. The van der Waals surface area contributed by atoms with Crippen molar-refractivity contribution in [2.24, 2.45) is 16.2 Å². The van der Waals surface area contributed by atoms with E-state index in [0.29, 0.717) is 0 Å². The highest BCUT2D eigenvalue weighted by Crippen LogP contribution is 2.01. The van der Waals surface area contributed by atoms with Crippen LogP contribution in [-0.4, -0.2) is 56.1 Å². The van der Waals surface area contributed by atoms with Crippen molar-refractivity contribution in [3.05, 3.63) is 0 Å². The summed E-state index contributed by atoms with van der Waals surface area (Å²) >= 11 is 0. The smallest absolute Gasteiger partial charge is 0.0620 e. The van der Waals surface area contributed by atoms with E-state index < -0.39 is 0 Å². The summed E-state index contributed by atoms with van der Waals surface area (Å²) in [5.41, 5.74) is 0. The number of rotatable bonds is 5. The van der Waals surface area contributed by atoms with Crippen LogP contribution >= 0.6 is 0 Å². The van der Waals surface area contributed by atoms with Gasteiger partial charge in [-0.15, -0.1) is 0 Å². The van der Waals surface area contributed by atoms with Gasteiger partial charge in [-0.3, -0.25) is 0 Å². The zero-order chi connectivity index (χ0) is 10.2. The second-order valence-electron chi connectivity index (χ2n) is 3.83. The van der Waals surface area contributed by atoms with E-state index in [1.165, 1.54) is 39.1 Å². The molecule has 0 unspecified atom stereocenters. The van der Waals surface area contributed by atoms with E-state index >= 15 is 0 Å². The predicted molar refractivity (Wildman–Crippen MR) is 57.1 cm³/mol. The van der Waals surface area contributed by atoms with Crippen LogP contribution in [0.3, 0.4) is 0 Å². The molecule has 5 heteroatoms. The highest BCUT2D eigenvalue weighted by Gasteiger charge is 2.12. The van der Waals surface area contributed by atoms with Crippen LogP contribution in [-0.2, 0) is 0 Å². The van der Waals surface area contributed by atoms with Crippen molar-refractivity contribution in [2.45, 2.75) is 12.8 Å². The summed E-state index contributed by atoms with van der Waals surface area (Å²) in [6.07, 6.45) is 2.29. The summed E-state index contributed by atoms with van der Waals surface area (Å²) in [6.45, 7) is 6.76. The lowest BCUT2D eigenvalue weighted by Gasteiger charge is -2.32. The molecule has 0 aromatic carbocycles. The van der Waals surface area contributed by atoms with Crippen molar-refractivity contribution in [2.75, 3.05) is 46.3 Å². The molecular formula is C9H21N5. The highest BCUT2D eigenvalue weighted by molar-refractivity contribution is 4.68. The third-order valence-electron chi connectivity index (χ3n) is 2.66. The molecule has 5 nitrogen and oxygen atoms in total. The van der Waals surface area contributed by atoms with E-state index in [0.717, 1.165) is 13.0 Å². The van der Waals surface area contributed by atoms with Crippen LogP contribution in [0.5, 0.6) is 0 Å². The molecule has 0 aromatic rings. The van der Waals surface area contributed by atoms with Crippen LogP contribution in [0, 0.1) is 0 Å². The molecule has 82 valence electrons. The highest BCUT2D eigenvalue weighted by atomic mass is 15.3. The Morgan fingerprint density at radius 2 is 1.86 bits per heavy atom. The Labute approximate surface area is 85.9 Å². The van der Waals surface area contributed by atoms with Gasteiger partial charge in [-0.25, -0.2) is 0 Å². The Morgan fingerprint density at radius 3 is 2.50 bits per heavy atom. The van der Waals surface area contributed by atoms with Gasteiger partial charge in [-0.1, -0.05) is 5.22 Å². The number of unbranched alkanes of at least 4 members (excludes halogenated alkanes) is 1. The van der Waals surface area contributed by atoms with E-state index in [9.17, 15) is 0 Å². The molecule has 0 bridgehead atoms. The van der Waals surface area contributed by atoms with Gasteiger partial charge in [0.15, 0.2) is 0 Å². The van der Waals surface area contributed by atoms with Gasteiger partial charge < -0.3 is 15.6 Å². The Bertz CT molecular complexity index is 163. The van der Waals surface area contributed by atoms with Crippen LogP contribution in [0.1, 0.15) is 12.8 Å². The Kier molecular flexibility index (Phi) is 5.47. The quantitative estimate of drug-likeness (QED) is 0.301. The Hall–Kier alpha value is -0.680. The molecule has 0 aromatic heterocycles. The lowest BCUT2D eigenvalue weighted by Crippen LogP contribution is -2.44. The molecule has 1 rings (SSSR count). The third-order valence-corrected chi connectivity index (χ3v) is 2.66. The number of likely N-dealkylation sites (N-methyl/N-ethyl adjacent to an activating group) is 1. The molecule has 0 aliphatic carbocycles. The minimum atomic E-state index is 0.768. The lowest BCUT2D eigenvalue weighted by atomic mass is 10.2. The largest absolute Gasteiger partial charge is 0.305 e. The van der Waals surface area contributed by atoms with Crippen molar-refractivity contribution < 1.29 is 0 Å². The number of nitrogens with two attached hydrogens (primary N) is 1. The Balaban J connectivity index is 1.96. The van der Waals surface area contributed by atoms with Crippen molar-refractivity contribution in [3.8, 4) is 0 Å². The van der Waals surface area contributed by atoms with Crippen molar-refractivity contribution in [1.29, 1.82) is 0 Å². The average Bonchev–Trinajstić information content (AvgIpc) is 2.21. The maximum Gasteiger partial charge on any atom is 0.0620 e. The molecule has 0 saturated carbocycles. The van der Waals surface area contributed by atoms with Gasteiger partial charge in [0.25, 0.3) is 0 Å². The van der Waals surface area contributed by atoms with E-state index in [1.807, 2.05) is 0 Å². The third kappa shape index (κ3) is 4.53. The fourth-order valence-corrected chi connectivity index (χ4v) is 1.65. The maximum atomic E-state index is 4.91. The molecule has 1 fully saturated rings. The first-order chi connectivity index (χ1) is 6.83. The topological polar surface area (TPSA) is 57.2 Å². The van der Waals surface area contributed by atoms with E-state index in [-0.39, 0.29) is 0 Å². The number of nitrogens with zero attached hydrogens (tertiary/aromatic N) is 4. The van der Waals surface area contributed by atoms with Crippen molar-refractivity contribution >= 4 is 0 Å². The SMILES string of the molecule is CN1CCN(CCCCN=NN)CC1. The number of hydrogen-bond donors (Lipinski definition) is 1. The standard InChI is InChI=1S/C9H21N5/c1-13-6-8-14(9-7-13)5-3-2-4-11-12-10/h2-9H2,1H3,(H2,10,11).